The maximum atomic E-state index is 5.47. The van der Waals surface area contributed by atoms with Gasteiger partial charge in [-0.2, -0.15) is 0 Å². The van der Waals surface area contributed by atoms with Crippen LogP contribution in [0.15, 0.2) is 36.4 Å². The second-order valence-corrected chi connectivity index (χ2v) is 4.65. The molecule has 0 radical (unpaired) electrons. The number of nitrogens with one attached hydrogen (secondary N) is 1. The SMILES string of the molecule is COc1ccc(-c2ccc3c(c2)CNC3)c(OC)c1. The van der Waals surface area contributed by atoms with Gasteiger partial charge in [-0.1, -0.05) is 12.1 Å². The van der Waals surface area contributed by atoms with Crippen molar-refractivity contribution in [3.63, 3.8) is 0 Å². The van der Waals surface area contributed by atoms with Crippen LogP contribution in [0.25, 0.3) is 11.1 Å². The lowest BCUT2D eigenvalue weighted by atomic mass is 10.00. The summed E-state index contributed by atoms with van der Waals surface area (Å²) in [6.45, 7) is 1.91. The van der Waals surface area contributed by atoms with E-state index in [4.69, 9.17) is 9.47 Å². The fraction of sp³-hybridized carbons (Fsp3) is 0.250. The number of rotatable bonds is 3. The largest absolute Gasteiger partial charge is 0.497 e. The Balaban J connectivity index is 2.06. The molecule has 19 heavy (non-hydrogen) atoms. The van der Waals surface area contributed by atoms with Crippen LogP contribution in [0.4, 0.5) is 0 Å². The number of hydrogen-bond acceptors (Lipinski definition) is 3. The minimum Gasteiger partial charge on any atom is -0.497 e. The van der Waals surface area contributed by atoms with Crippen molar-refractivity contribution >= 4 is 0 Å². The van der Waals surface area contributed by atoms with Gasteiger partial charge >= 0.3 is 0 Å². The zero-order valence-electron chi connectivity index (χ0n) is 11.2. The molecule has 0 aromatic heterocycles. The van der Waals surface area contributed by atoms with Gasteiger partial charge in [0.15, 0.2) is 0 Å². The first kappa shape index (κ1) is 12.1. The lowest BCUT2D eigenvalue weighted by Gasteiger charge is -2.11. The van der Waals surface area contributed by atoms with E-state index in [0.29, 0.717) is 0 Å². The highest BCUT2D eigenvalue weighted by molar-refractivity contribution is 5.72. The second kappa shape index (κ2) is 4.94. The van der Waals surface area contributed by atoms with Crippen molar-refractivity contribution in [2.24, 2.45) is 0 Å². The van der Waals surface area contributed by atoms with Gasteiger partial charge < -0.3 is 14.8 Å². The molecular formula is C16H17NO2. The van der Waals surface area contributed by atoms with Gasteiger partial charge in [0, 0.05) is 24.7 Å². The zero-order chi connectivity index (χ0) is 13.2. The highest BCUT2D eigenvalue weighted by Gasteiger charge is 2.13. The maximum Gasteiger partial charge on any atom is 0.130 e. The van der Waals surface area contributed by atoms with Gasteiger partial charge in [0.1, 0.15) is 11.5 Å². The van der Waals surface area contributed by atoms with Crippen molar-refractivity contribution in [3.8, 4) is 22.6 Å². The molecule has 1 aliphatic heterocycles. The standard InChI is InChI=1S/C16H17NO2/c1-18-14-5-6-15(16(8-14)19-2)11-3-4-12-9-17-10-13(12)7-11/h3-8,17H,9-10H2,1-2H3. The van der Waals surface area contributed by atoms with E-state index in [9.17, 15) is 0 Å². The first-order valence-electron chi connectivity index (χ1n) is 6.37. The zero-order valence-corrected chi connectivity index (χ0v) is 11.2. The van der Waals surface area contributed by atoms with Gasteiger partial charge in [0.2, 0.25) is 0 Å². The smallest absolute Gasteiger partial charge is 0.130 e. The average Bonchev–Trinajstić information content (AvgIpc) is 2.93. The molecule has 2 aromatic carbocycles. The summed E-state index contributed by atoms with van der Waals surface area (Å²) in [6, 6.07) is 12.5. The van der Waals surface area contributed by atoms with Crippen LogP contribution in [0.5, 0.6) is 11.5 Å². The Morgan fingerprint density at radius 3 is 2.53 bits per heavy atom. The van der Waals surface area contributed by atoms with Crippen LogP contribution >= 0.6 is 0 Å². The monoisotopic (exact) mass is 255 g/mol. The summed E-state index contributed by atoms with van der Waals surface area (Å²) in [5.74, 6) is 1.65. The molecule has 0 saturated heterocycles. The molecule has 3 rings (SSSR count). The molecule has 3 heteroatoms. The van der Waals surface area contributed by atoms with Gasteiger partial charge in [-0.3, -0.25) is 0 Å². The molecule has 1 aliphatic rings. The third kappa shape index (κ3) is 2.17. The summed E-state index contributed by atoms with van der Waals surface area (Å²) >= 11 is 0. The first-order chi connectivity index (χ1) is 9.31. The summed E-state index contributed by atoms with van der Waals surface area (Å²) in [6.07, 6.45) is 0. The topological polar surface area (TPSA) is 30.5 Å². The van der Waals surface area contributed by atoms with Crippen LogP contribution < -0.4 is 14.8 Å². The molecule has 0 saturated carbocycles. The summed E-state index contributed by atoms with van der Waals surface area (Å²) in [5, 5.41) is 3.36. The average molecular weight is 255 g/mol. The van der Waals surface area contributed by atoms with Gasteiger partial charge in [-0.25, -0.2) is 0 Å². The molecule has 2 aromatic rings. The minimum atomic E-state index is 0.809. The molecule has 0 spiro atoms. The van der Waals surface area contributed by atoms with Gasteiger partial charge in [-0.05, 0) is 34.9 Å². The summed E-state index contributed by atoms with van der Waals surface area (Å²) in [7, 11) is 3.35. The van der Waals surface area contributed by atoms with E-state index in [0.717, 1.165) is 30.2 Å². The van der Waals surface area contributed by atoms with Crippen LogP contribution in [0.1, 0.15) is 11.1 Å². The number of fused-ring (bicyclic) bond motifs is 1. The normalized spacial score (nSPS) is 13.2. The van der Waals surface area contributed by atoms with Crippen molar-refractivity contribution in [3.05, 3.63) is 47.5 Å². The molecule has 0 unspecified atom stereocenters. The van der Waals surface area contributed by atoms with E-state index < -0.39 is 0 Å². The van der Waals surface area contributed by atoms with E-state index in [2.05, 4.69) is 23.5 Å². The Labute approximate surface area is 113 Å². The van der Waals surface area contributed by atoms with Crippen molar-refractivity contribution in [2.45, 2.75) is 13.1 Å². The van der Waals surface area contributed by atoms with Crippen molar-refractivity contribution in [1.29, 1.82) is 0 Å². The van der Waals surface area contributed by atoms with Crippen molar-refractivity contribution < 1.29 is 9.47 Å². The van der Waals surface area contributed by atoms with E-state index in [1.807, 2.05) is 18.2 Å². The molecule has 98 valence electrons. The minimum absolute atomic E-state index is 0.809. The van der Waals surface area contributed by atoms with Crippen molar-refractivity contribution in [2.75, 3.05) is 14.2 Å². The number of ether oxygens (including phenoxy) is 2. The number of hydrogen-bond donors (Lipinski definition) is 1. The Morgan fingerprint density at radius 1 is 0.895 bits per heavy atom. The predicted molar refractivity (Wildman–Crippen MR) is 75.5 cm³/mol. The maximum absolute atomic E-state index is 5.47. The molecule has 0 bridgehead atoms. The second-order valence-electron chi connectivity index (χ2n) is 4.65. The highest BCUT2D eigenvalue weighted by Crippen LogP contribution is 2.34. The lowest BCUT2D eigenvalue weighted by molar-refractivity contribution is 0.395. The van der Waals surface area contributed by atoms with Crippen LogP contribution in [-0.4, -0.2) is 14.2 Å². The third-order valence-electron chi connectivity index (χ3n) is 3.56. The van der Waals surface area contributed by atoms with Gasteiger partial charge in [0.25, 0.3) is 0 Å². The van der Waals surface area contributed by atoms with Crippen LogP contribution in [0.3, 0.4) is 0 Å². The highest BCUT2D eigenvalue weighted by atomic mass is 16.5. The van der Waals surface area contributed by atoms with Gasteiger partial charge in [-0.15, -0.1) is 0 Å². The van der Waals surface area contributed by atoms with Crippen LogP contribution in [0, 0.1) is 0 Å². The molecule has 1 N–H and O–H groups in total. The fourth-order valence-corrected chi connectivity index (χ4v) is 2.50. The molecule has 1 heterocycles. The molecule has 0 fully saturated rings. The lowest BCUT2D eigenvalue weighted by Crippen LogP contribution is -1.99. The fourth-order valence-electron chi connectivity index (χ4n) is 2.50. The van der Waals surface area contributed by atoms with Crippen LogP contribution in [-0.2, 0) is 13.1 Å². The van der Waals surface area contributed by atoms with E-state index in [-0.39, 0.29) is 0 Å². The summed E-state index contributed by atoms with van der Waals surface area (Å²) in [4.78, 5) is 0. The summed E-state index contributed by atoms with van der Waals surface area (Å²) < 4.78 is 10.7. The van der Waals surface area contributed by atoms with E-state index in [1.54, 1.807) is 14.2 Å². The molecular weight excluding hydrogens is 238 g/mol. The third-order valence-corrected chi connectivity index (χ3v) is 3.56. The number of benzene rings is 2. The summed E-state index contributed by atoms with van der Waals surface area (Å²) in [5.41, 5.74) is 5.03. The Hall–Kier alpha value is -2.00. The van der Waals surface area contributed by atoms with E-state index >= 15 is 0 Å². The molecule has 3 nitrogen and oxygen atoms in total. The van der Waals surface area contributed by atoms with E-state index in [1.165, 1.54) is 16.7 Å². The molecule has 0 amide bonds. The molecule has 0 atom stereocenters. The predicted octanol–water partition coefficient (Wildman–Crippen LogP) is 2.97. The van der Waals surface area contributed by atoms with Gasteiger partial charge in [0.05, 0.1) is 14.2 Å². The van der Waals surface area contributed by atoms with Crippen molar-refractivity contribution in [1.82, 2.24) is 5.32 Å². The number of methoxy groups -OCH3 is 2. The Kier molecular flexibility index (Phi) is 3.13. The quantitative estimate of drug-likeness (QED) is 0.914. The Bertz CT molecular complexity index is 608. The first-order valence-corrected chi connectivity index (χ1v) is 6.37. The Morgan fingerprint density at radius 2 is 1.74 bits per heavy atom. The molecule has 0 aliphatic carbocycles. The van der Waals surface area contributed by atoms with Crippen LogP contribution in [0.2, 0.25) is 0 Å².